The Bertz CT molecular complexity index is 3190. The predicted molar refractivity (Wildman–Crippen MR) is 230 cm³/mol. The normalized spacial score (nSPS) is 11.6. The maximum absolute atomic E-state index is 5.49. The van der Waals surface area contributed by atoms with Crippen molar-refractivity contribution in [1.29, 1.82) is 0 Å². The van der Waals surface area contributed by atoms with E-state index in [1.54, 1.807) is 11.3 Å². The second-order valence-electron chi connectivity index (χ2n) is 13.7. The standard InChI is InChI=1S/C49H30N6S/c1-4-16-31(17-5-1)46-52-47(32-18-6-2-7-19-32)54-48(53-46)34-21-14-20-33(30-34)42-45-43(38-25-11-13-29-41(38)56-45)51-49(50-42)39-27-15-26-37-36-24-10-12-28-40(36)55(44(37)39)35-22-8-3-9-23-35/h1-30H. The fourth-order valence-corrected chi connectivity index (χ4v) is 8.85. The van der Waals surface area contributed by atoms with Crippen LogP contribution in [0.25, 0.3) is 105 Å². The van der Waals surface area contributed by atoms with Crippen molar-refractivity contribution < 1.29 is 0 Å². The number of nitrogens with zero attached hydrogens (tertiary/aromatic N) is 6. The fraction of sp³-hybridized carbons (Fsp3) is 0. The first-order chi connectivity index (χ1) is 27.8. The molecule has 6 nitrogen and oxygen atoms in total. The second kappa shape index (κ2) is 13.2. The van der Waals surface area contributed by atoms with E-state index >= 15 is 0 Å². The summed E-state index contributed by atoms with van der Waals surface area (Å²) in [5, 5.41) is 3.45. The van der Waals surface area contributed by atoms with Gasteiger partial charge in [0.05, 0.1) is 26.9 Å². The van der Waals surface area contributed by atoms with Crippen molar-refractivity contribution in [2.75, 3.05) is 0 Å². The van der Waals surface area contributed by atoms with Crippen LogP contribution >= 0.6 is 11.3 Å². The van der Waals surface area contributed by atoms with Gasteiger partial charge in [-0.2, -0.15) is 0 Å². The third kappa shape index (κ3) is 5.36. The van der Waals surface area contributed by atoms with E-state index in [0.717, 1.165) is 71.2 Å². The van der Waals surface area contributed by atoms with Crippen LogP contribution in [0, 0.1) is 0 Å². The topological polar surface area (TPSA) is 69.4 Å². The van der Waals surface area contributed by atoms with Gasteiger partial charge in [0.15, 0.2) is 23.3 Å². The zero-order valence-corrected chi connectivity index (χ0v) is 30.7. The van der Waals surface area contributed by atoms with Crippen LogP contribution in [0.15, 0.2) is 182 Å². The molecule has 0 spiro atoms. The second-order valence-corrected chi connectivity index (χ2v) is 14.7. The van der Waals surface area contributed by atoms with Crippen molar-refractivity contribution in [1.82, 2.24) is 29.5 Å². The van der Waals surface area contributed by atoms with Crippen LogP contribution in [0.5, 0.6) is 0 Å². The van der Waals surface area contributed by atoms with Gasteiger partial charge in [-0.15, -0.1) is 11.3 Å². The SMILES string of the molecule is c1ccc(-c2nc(-c3ccccc3)nc(-c3cccc(-c4nc(-c5cccc6c7ccccc7n(-c7ccccc7)c56)nc5c4sc4ccccc45)c3)n2)cc1. The van der Waals surface area contributed by atoms with E-state index in [9.17, 15) is 0 Å². The average Bonchev–Trinajstić information content (AvgIpc) is 3.83. The maximum atomic E-state index is 5.49. The average molecular weight is 735 g/mol. The van der Waals surface area contributed by atoms with Crippen molar-refractivity contribution in [2.24, 2.45) is 0 Å². The monoisotopic (exact) mass is 734 g/mol. The molecule has 0 unspecified atom stereocenters. The molecule has 0 saturated heterocycles. The Hall–Kier alpha value is -7.35. The highest BCUT2D eigenvalue weighted by Gasteiger charge is 2.22. The molecule has 11 rings (SSSR count). The van der Waals surface area contributed by atoms with Crippen LogP contribution in [0.3, 0.4) is 0 Å². The number of para-hydroxylation sites is 3. The molecule has 7 heteroatoms. The number of fused-ring (bicyclic) bond motifs is 6. The fourth-order valence-electron chi connectivity index (χ4n) is 7.69. The van der Waals surface area contributed by atoms with E-state index in [1.807, 2.05) is 60.7 Å². The van der Waals surface area contributed by atoms with Crippen LogP contribution in [-0.2, 0) is 0 Å². The van der Waals surface area contributed by atoms with Gasteiger partial charge in [-0.25, -0.2) is 24.9 Å². The molecule has 11 aromatic rings. The quantitative estimate of drug-likeness (QED) is 0.170. The summed E-state index contributed by atoms with van der Waals surface area (Å²) in [5.41, 5.74) is 9.77. The van der Waals surface area contributed by atoms with E-state index in [-0.39, 0.29) is 0 Å². The van der Waals surface area contributed by atoms with Gasteiger partial charge in [-0.05, 0) is 36.4 Å². The molecule has 0 amide bonds. The lowest BCUT2D eigenvalue weighted by Crippen LogP contribution is -2.00. The number of hydrogen-bond acceptors (Lipinski definition) is 6. The molecule has 0 aliphatic carbocycles. The van der Waals surface area contributed by atoms with Gasteiger partial charge < -0.3 is 4.57 Å². The highest BCUT2D eigenvalue weighted by molar-refractivity contribution is 7.26. The minimum absolute atomic E-state index is 0.596. The number of thiophene rings is 1. The lowest BCUT2D eigenvalue weighted by Gasteiger charge is -2.13. The van der Waals surface area contributed by atoms with Gasteiger partial charge in [0, 0.05) is 54.4 Å². The zero-order chi connectivity index (χ0) is 37.0. The van der Waals surface area contributed by atoms with Crippen LogP contribution in [0.2, 0.25) is 0 Å². The summed E-state index contributed by atoms with van der Waals surface area (Å²) < 4.78 is 4.54. The predicted octanol–water partition coefficient (Wildman–Crippen LogP) is 12.5. The molecule has 7 aromatic carbocycles. The van der Waals surface area contributed by atoms with E-state index in [4.69, 9.17) is 24.9 Å². The van der Waals surface area contributed by atoms with Crippen molar-refractivity contribution in [3.63, 3.8) is 0 Å². The van der Waals surface area contributed by atoms with Crippen LogP contribution in [0.4, 0.5) is 0 Å². The van der Waals surface area contributed by atoms with Crippen molar-refractivity contribution in [2.45, 2.75) is 0 Å². The Morgan fingerprint density at radius 1 is 0.393 bits per heavy atom. The third-order valence-electron chi connectivity index (χ3n) is 10.3. The first-order valence-electron chi connectivity index (χ1n) is 18.5. The van der Waals surface area contributed by atoms with E-state index in [1.165, 1.54) is 10.1 Å². The molecule has 0 atom stereocenters. The first kappa shape index (κ1) is 32.1. The lowest BCUT2D eigenvalue weighted by molar-refractivity contribution is 1.07. The van der Waals surface area contributed by atoms with E-state index in [0.29, 0.717) is 23.3 Å². The lowest BCUT2D eigenvalue weighted by atomic mass is 10.0. The molecule has 0 fully saturated rings. The minimum Gasteiger partial charge on any atom is -0.309 e. The largest absolute Gasteiger partial charge is 0.309 e. The first-order valence-corrected chi connectivity index (χ1v) is 19.3. The van der Waals surface area contributed by atoms with E-state index in [2.05, 4.69) is 126 Å². The molecular formula is C49H30N6S. The van der Waals surface area contributed by atoms with Gasteiger partial charge in [-0.3, -0.25) is 0 Å². The molecule has 0 saturated carbocycles. The summed E-state index contributed by atoms with van der Waals surface area (Å²) in [7, 11) is 0. The summed E-state index contributed by atoms with van der Waals surface area (Å²) in [6.07, 6.45) is 0. The smallest absolute Gasteiger partial charge is 0.164 e. The molecule has 0 bridgehead atoms. The van der Waals surface area contributed by atoms with Crippen molar-refractivity contribution in [3.8, 4) is 62.5 Å². The summed E-state index contributed by atoms with van der Waals surface area (Å²) in [4.78, 5) is 25.9. The van der Waals surface area contributed by atoms with Gasteiger partial charge in [0.25, 0.3) is 0 Å². The molecule has 0 aliphatic rings. The molecule has 4 aromatic heterocycles. The maximum Gasteiger partial charge on any atom is 0.164 e. The van der Waals surface area contributed by atoms with Gasteiger partial charge in [0.1, 0.15) is 0 Å². The Kier molecular flexibility index (Phi) is 7.57. The van der Waals surface area contributed by atoms with Crippen molar-refractivity contribution in [3.05, 3.63) is 182 Å². The summed E-state index contributed by atoms with van der Waals surface area (Å²) in [6, 6.07) is 62.6. The summed E-state index contributed by atoms with van der Waals surface area (Å²) in [5.74, 6) is 2.51. The highest BCUT2D eigenvalue weighted by atomic mass is 32.1. The summed E-state index contributed by atoms with van der Waals surface area (Å²) in [6.45, 7) is 0. The number of rotatable bonds is 6. The molecular weight excluding hydrogens is 705 g/mol. The third-order valence-corrected chi connectivity index (χ3v) is 11.4. The van der Waals surface area contributed by atoms with Crippen molar-refractivity contribution >= 4 is 53.4 Å². The molecule has 0 N–H and O–H groups in total. The molecule has 0 aliphatic heterocycles. The number of aromatic nitrogens is 6. The van der Waals surface area contributed by atoms with Gasteiger partial charge in [-0.1, -0.05) is 146 Å². The van der Waals surface area contributed by atoms with Crippen LogP contribution in [-0.4, -0.2) is 29.5 Å². The molecule has 56 heavy (non-hydrogen) atoms. The van der Waals surface area contributed by atoms with Gasteiger partial charge >= 0.3 is 0 Å². The number of hydrogen-bond donors (Lipinski definition) is 0. The Morgan fingerprint density at radius 3 is 1.68 bits per heavy atom. The van der Waals surface area contributed by atoms with Crippen LogP contribution < -0.4 is 0 Å². The Morgan fingerprint density at radius 2 is 0.946 bits per heavy atom. The Labute approximate surface area is 326 Å². The number of benzene rings is 7. The van der Waals surface area contributed by atoms with Crippen LogP contribution in [0.1, 0.15) is 0 Å². The minimum atomic E-state index is 0.596. The van der Waals surface area contributed by atoms with Gasteiger partial charge in [0.2, 0.25) is 0 Å². The molecule has 0 radical (unpaired) electrons. The highest BCUT2D eigenvalue weighted by Crippen LogP contribution is 2.42. The van der Waals surface area contributed by atoms with E-state index < -0.39 is 0 Å². The Balaban J connectivity index is 1.15. The molecule has 4 heterocycles. The summed E-state index contributed by atoms with van der Waals surface area (Å²) >= 11 is 1.72. The zero-order valence-electron chi connectivity index (χ0n) is 29.9. The molecule has 262 valence electrons.